The summed E-state index contributed by atoms with van der Waals surface area (Å²) in [5, 5.41) is 6.31. The predicted molar refractivity (Wildman–Crippen MR) is 58.7 cm³/mol. The molecule has 0 heterocycles. The van der Waals surface area contributed by atoms with Crippen molar-refractivity contribution in [2.45, 2.75) is 49.9 Å². The van der Waals surface area contributed by atoms with Gasteiger partial charge in [0.05, 0.1) is 6.42 Å². The topological polar surface area (TPSA) is 121 Å². The van der Waals surface area contributed by atoms with E-state index in [2.05, 4.69) is 0 Å². The van der Waals surface area contributed by atoms with Crippen molar-refractivity contribution in [2.24, 2.45) is 0 Å². The Morgan fingerprint density at radius 2 is 1.79 bits per heavy atom. The number of hydrogen-bond donors (Lipinski definition) is 1. The van der Waals surface area contributed by atoms with Gasteiger partial charge >= 0.3 is 41.5 Å². The first-order valence-corrected chi connectivity index (χ1v) is 7.15. The van der Waals surface area contributed by atoms with Crippen molar-refractivity contribution >= 4 is 22.1 Å². The summed E-state index contributed by atoms with van der Waals surface area (Å²) in [4.78, 5) is 22.0. The molecular formula is C10H15NaO7S. The summed E-state index contributed by atoms with van der Waals surface area (Å²) in [5.74, 6) is -2.78. The summed E-state index contributed by atoms with van der Waals surface area (Å²) in [6, 6.07) is 0. The Labute approximate surface area is 133 Å². The summed E-state index contributed by atoms with van der Waals surface area (Å²) in [7, 11) is -5.05. The second-order valence-electron chi connectivity index (χ2n) is 4.27. The van der Waals surface area contributed by atoms with Gasteiger partial charge in [0, 0.05) is 0 Å². The van der Waals surface area contributed by atoms with Crippen molar-refractivity contribution in [3.63, 3.8) is 0 Å². The quantitative estimate of drug-likeness (QED) is 0.332. The third-order valence-electron chi connectivity index (χ3n) is 2.83. The molecule has 1 rings (SSSR count). The van der Waals surface area contributed by atoms with Crippen LogP contribution in [0.4, 0.5) is 0 Å². The summed E-state index contributed by atoms with van der Waals surface area (Å²) in [6.45, 7) is 0. The summed E-state index contributed by atoms with van der Waals surface area (Å²) >= 11 is 0. The van der Waals surface area contributed by atoms with Crippen LogP contribution in [0.25, 0.3) is 0 Å². The van der Waals surface area contributed by atoms with Crippen LogP contribution in [0, 0.1) is 0 Å². The smallest absolute Gasteiger partial charge is 0.747 e. The first-order chi connectivity index (χ1) is 8.30. The number of carboxylic acids is 1. The average molecular weight is 302 g/mol. The van der Waals surface area contributed by atoms with E-state index in [0.717, 1.165) is 19.3 Å². The van der Waals surface area contributed by atoms with E-state index >= 15 is 0 Å². The van der Waals surface area contributed by atoms with Gasteiger partial charge in [-0.15, -0.1) is 0 Å². The normalized spacial score (nSPS) is 18.2. The molecule has 0 saturated heterocycles. The number of carboxylic acid groups (broad SMARTS) is 1. The Morgan fingerprint density at radius 3 is 2.21 bits per heavy atom. The summed E-state index contributed by atoms with van der Waals surface area (Å²) < 4.78 is 36.9. The zero-order chi connectivity index (χ0) is 13.8. The predicted octanol–water partition coefficient (Wildman–Crippen LogP) is -2.75. The average Bonchev–Trinajstić information content (AvgIpc) is 2.25. The van der Waals surface area contributed by atoms with Gasteiger partial charge in [-0.3, -0.25) is 9.59 Å². The molecule has 7 nitrogen and oxygen atoms in total. The van der Waals surface area contributed by atoms with Gasteiger partial charge in [-0.05, 0) is 25.7 Å². The van der Waals surface area contributed by atoms with Gasteiger partial charge < -0.3 is 14.4 Å². The Hall–Kier alpha value is -0.150. The molecule has 1 aliphatic rings. The van der Waals surface area contributed by atoms with E-state index in [1.807, 2.05) is 0 Å². The maximum atomic E-state index is 11.4. The molecule has 0 radical (unpaired) electrons. The van der Waals surface area contributed by atoms with Gasteiger partial charge in [0.1, 0.15) is 16.2 Å². The first-order valence-electron chi connectivity index (χ1n) is 5.67. The van der Waals surface area contributed by atoms with Crippen LogP contribution in [0.3, 0.4) is 0 Å². The minimum absolute atomic E-state index is 0. The fourth-order valence-electron chi connectivity index (χ4n) is 1.88. The van der Waals surface area contributed by atoms with Crippen molar-refractivity contribution in [1.29, 1.82) is 0 Å². The zero-order valence-electron chi connectivity index (χ0n) is 10.7. The van der Waals surface area contributed by atoms with E-state index < -0.39 is 33.7 Å². The van der Waals surface area contributed by atoms with Crippen molar-refractivity contribution in [3.05, 3.63) is 0 Å². The molecule has 9 heteroatoms. The molecule has 1 atom stereocenters. The molecule has 0 aromatic rings. The van der Waals surface area contributed by atoms with E-state index in [4.69, 9.17) is 9.84 Å². The van der Waals surface area contributed by atoms with Gasteiger partial charge in [-0.2, -0.15) is 0 Å². The van der Waals surface area contributed by atoms with Crippen molar-refractivity contribution in [1.82, 2.24) is 0 Å². The molecule has 104 valence electrons. The second kappa shape index (κ2) is 8.21. The maximum absolute atomic E-state index is 11.4. The second-order valence-corrected chi connectivity index (χ2v) is 5.83. The van der Waals surface area contributed by atoms with Gasteiger partial charge in [0.25, 0.3) is 0 Å². The van der Waals surface area contributed by atoms with E-state index in [-0.39, 0.29) is 35.7 Å². The van der Waals surface area contributed by atoms with Crippen LogP contribution in [0.5, 0.6) is 0 Å². The molecule has 1 aliphatic carbocycles. The van der Waals surface area contributed by atoms with Gasteiger partial charge in [0.2, 0.25) is 0 Å². The molecule has 1 saturated carbocycles. The van der Waals surface area contributed by atoms with Crippen LogP contribution in [0.15, 0.2) is 0 Å². The van der Waals surface area contributed by atoms with E-state index in [0.29, 0.717) is 12.8 Å². The fraction of sp³-hybridized carbons (Fsp3) is 0.800. The molecule has 1 N–H and O–H groups in total. The first kappa shape index (κ1) is 18.9. The number of carbonyl (C=O) groups excluding carboxylic acids is 1. The monoisotopic (exact) mass is 302 g/mol. The van der Waals surface area contributed by atoms with E-state index in [9.17, 15) is 22.6 Å². The molecule has 0 spiro atoms. The molecule has 0 aromatic heterocycles. The van der Waals surface area contributed by atoms with Crippen LogP contribution in [0.1, 0.15) is 38.5 Å². The zero-order valence-corrected chi connectivity index (χ0v) is 13.5. The van der Waals surface area contributed by atoms with Crippen LogP contribution < -0.4 is 29.6 Å². The minimum atomic E-state index is -5.05. The number of esters is 1. The molecule has 1 unspecified atom stereocenters. The standard InChI is InChI=1S/C10H16O7S.Na/c11-9(17-7-4-2-1-3-5-7)6-8(10(12)13)18(14,15)16;/h7-8H,1-6H2,(H,12,13)(H,14,15,16);/q;+1/p-1. The molecule has 0 aliphatic heterocycles. The minimum Gasteiger partial charge on any atom is -0.747 e. The Kier molecular flexibility index (Phi) is 8.14. The molecule has 1 fully saturated rings. The molecule has 0 bridgehead atoms. The summed E-state index contributed by atoms with van der Waals surface area (Å²) in [5.41, 5.74) is 0. The van der Waals surface area contributed by atoms with Crippen molar-refractivity contribution < 1.29 is 62.0 Å². The number of rotatable bonds is 5. The fourth-order valence-corrected chi connectivity index (χ4v) is 2.47. The van der Waals surface area contributed by atoms with Gasteiger partial charge in [0.15, 0.2) is 5.25 Å². The number of ether oxygens (including phenoxy) is 1. The molecular weight excluding hydrogens is 287 g/mol. The van der Waals surface area contributed by atoms with Crippen molar-refractivity contribution in [3.8, 4) is 0 Å². The number of aliphatic carboxylic acids is 1. The van der Waals surface area contributed by atoms with E-state index in [1.165, 1.54) is 0 Å². The maximum Gasteiger partial charge on any atom is 1.00 e. The van der Waals surface area contributed by atoms with Crippen LogP contribution in [-0.4, -0.2) is 41.4 Å². The Morgan fingerprint density at radius 1 is 1.26 bits per heavy atom. The largest absolute Gasteiger partial charge is 1.00 e. The molecule has 0 amide bonds. The SMILES string of the molecule is O=C(CC(C(=O)O)S(=O)(=O)[O-])OC1CCCCC1.[Na+]. The van der Waals surface area contributed by atoms with Gasteiger partial charge in [-0.1, -0.05) is 6.42 Å². The van der Waals surface area contributed by atoms with E-state index in [1.54, 1.807) is 0 Å². The van der Waals surface area contributed by atoms with Crippen LogP contribution in [-0.2, 0) is 24.4 Å². The number of hydrogen-bond acceptors (Lipinski definition) is 6. The molecule has 0 aromatic carbocycles. The third kappa shape index (κ3) is 6.71. The number of carbonyl (C=O) groups is 2. The van der Waals surface area contributed by atoms with Crippen LogP contribution >= 0.6 is 0 Å². The Balaban J connectivity index is 0.00000324. The third-order valence-corrected chi connectivity index (χ3v) is 3.89. The Bertz CT molecular complexity index is 414. The summed E-state index contributed by atoms with van der Waals surface area (Å²) in [6.07, 6.45) is 3.04. The van der Waals surface area contributed by atoms with Crippen LogP contribution in [0.2, 0.25) is 0 Å². The van der Waals surface area contributed by atoms with Crippen molar-refractivity contribution in [2.75, 3.05) is 0 Å². The van der Waals surface area contributed by atoms with Gasteiger partial charge in [-0.25, -0.2) is 8.42 Å². The molecule has 19 heavy (non-hydrogen) atoms.